The molecule has 0 saturated heterocycles. The van der Waals surface area contributed by atoms with Gasteiger partial charge in [-0.15, -0.1) is 0 Å². The Morgan fingerprint density at radius 2 is 1.90 bits per heavy atom. The molecule has 5 nitrogen and oxygen atoms in total. The third-order valence-electron chi connectivity index (χ3n) is 2.79. The van der Waals surface area contributed by atoms with E-state index < -0.39 is 15.8 Å². The molecule has 0 aliphatic carbocycles. The fourth-order valence-corrected chi connectivity index (χ4v) is 2.92. The van der Waals surface area contributed by atoms with Gasteiger partial charge < -0.3 is 9.67 Å². The van der Waals surface area contributed by atoms with Crippen molar-refractivity contribution in [2.75, 3.05) is 6.26 Å². The molecule has 2 aromatic rings. The number of halogens is 1. The molecule has 1 aromatic carbocycles. The van der Waals surface area contributed by atoms with Crippen molar-refractivity contribution in [3.63, 3.8) is 0 Å². The highest BCUT2D eigenvalue weighted by molar-refractivity contribution is 9.10. The van der Waals surface area contributed by atoms with E-state index in [1.54, 1.807) is 22.9 Å². The summed E-state index contributed by atoms with van der Waals surface area (Å²) in [5, 5.41) is 9.09. The summed E-state index contributed by atoms with van der Waals surface area (Å²) in [6.07, 6.45) is 2.82. The normalized spacial score (nSPS) is 11.5. The Morgan fingerprint density at radius 1 is 1.30 bits per heavy atom. The number of benzene rings is 1. The number of aromatic carboxylic acids is 1. The monoisotopic (exact) mass is 357 g/mol. The molecule has 0 aliphatic rings. The van der Waals surface area contributed by atoms with Crippen LogP contribution in [0.2, 0.25) is 0 Å². The van der Waals surface area contributed by atoms with Crippen LogP contribution in [0.3, 0.4) is 0 Å². The summed E-state index contributed by atoms with van der Waals surface area (Å²) in [6.45, 7) is 0.358. The summed E-state index contributed by atoms with van der Waals surface area (Å²) >= 11 is 3.24. The van der Waals surface area contributed by atoms with Gasteiger partial charge in [0, 0.05) is 23.5 Å². The number of nitrogens with zero attached hydrogens (tertiary/aromatic N) is 1. The molecule has 0 fully saturated rings. The highest BCUT2D eigenvalue weighted by Crippen LogP contribution is 2.18. The minimum absolute atomic E-state index is 0.170. The molecule has 0 bridgehead atoms. The second-order valence-electron chi connectivity index (χ2n) is 4.39. The molecule has 0 unspecified atom stereocenters. The third-order valence-corrected chi connectivity index (χ3v) is 4.35. The Labute approximate surface area is 124 Å². The lowest BCUT2D eigenvalue weighted by atomic mass is 10.2. The van der Waals surface area contributed by atoms with Gasteiger partial charge in [0.2, 0.25) is 0 Å². The lowest BCUT2D eigenvalue weighted by Gasteiger charge is -2.07. The first-order valence-electron chi connectivity index (χ1n) is 5.65. The maximum absolute atomic E-state index is 11.4. The van der Waals surface area contributed by atoms with Gasteiger partial charge in [-0.1, -0.05) is 12.1 Å². The Hall–Kier alpha value is -1.60. The Bertz CT molecular complexity index is 747. The van der Waals surface area contributed by atoms with Gasteiger partial charge >= 0.3 is 5.97 Å². The molecule has 106 valence electrons. The van der Waals surface area contributed by atoms with Crippen LogP contribution in [0.25, 0.3) is 0 Å². The number of hydrogen-bond donors (Lipinski definition) is 1. The van der Waals surface area contributed by atoms with Crippen molar-refractivity contribution >= 4 is 31.7 Å². The summed E-state index contributed by atoms with van der Waals surface area (Å²) in [6, 6.07) is 7.91. The fraction of sp³-hybridized carbons (Fsp3) is 0.154. The van der Waals surface area contributed by atoms with Crippen LogP contribution >= 0.6 is 15.9 Å². The fourth-order valence-electron chi connectivity index (χ4n) is 1.82. The van der Waals surface area contributed by atoms with Crippen LogP contribution in [0.15, 0.2) is 45.9 Å². The van der Waals surface area contributed by atoms with Gasteiger partial charge in [-0.3, -0.25) is 0 Å². The minimum atomic E-state index is -3.22. The first-order valence-corrected chi connectivity index (χ1v) is 8.34. The molecular formula is C13H12BrNO4S. The van der Waals surface area contributed by atoms with Crippen LogP contribution in [0.1, 0.15) is 16.1 Å². The average Bonchev–Trinajstić information content (AvgIpc) is 2.70. The lowest BCUT2D eigenvalue weighted by molar-refractivity contribution is 0.0685. The van der Waals surface area contributed by atoms with Crippen molar-refractivity contribution in [2.24, 2.45) is 0 Å². The van der Waals surface area contributed by atoms with Crippen molar-refractivity contribution in [3.05, 3.63) is 52.3 Å². The molecule has 0 radical (unpaired) electrons. The van der Waals surface area contributed by atoms with E-state index in [0.29, 0.717) is 11.0 Å². The smallest absolute Gasteiger partial charge is 0.352 e. The van der Waals surface area contributed by atoms with Gasteiger partial charge in [-0.05, 0) is 39.7 Å². The van der Waals surface area contributed by atoms with Crippen LogP contribution in [-0.2, 0) is 16.4 Å². The molecule has 7 heteroatoms. The standard InChI is InChI=1S/C13H12BrNO4S/c1-20(18,19)11-4-2-9(3-5-11)7-15-8-10(14)6-12(15)13(16)17/h2-6,8H,7H2,1H3,(H,16,17). The van der Waals surface area contributed by atoms with E-state index in [0.717, 1.165) is 11.8 Å². The van der Waals surface area contributed by atoms with Crippen molar-refractivity contribution in [1.29, 1.82) is 0 Å². The van der Waals surface area contributed by atoms with E-state index in [-0.39, 0.29) is 10.6 Å². The molecule has 2 rings (SSSR count). The molecule has 1 aromatic heterocycles. The minimum Gasteiger partial charge on any atom is -0.477 e. The Morgan fingerprint density at radius 3 is 2.40 bits per heavy atom. The zero-order valence-corrected chi connectivity index (χ0v) is 13.0. The van der Waals surface area contributed by atoms with Gasteiger partial charge in [0.1, 0.15) is 5.69 Å². The maximum Gasteiger partial charge on any atom is 0.352 e. The van der Waals surface area contributed by atoms with Gasteiger partial charge in [-0.25, -0.2) is 13.2 Å². The first-order chi connectivity index (χ1) is 9.27. The quantitative estimate of drug-likeness (QED) is 0.911. The van der Waals surface area contributed by atoms with Crippen molar-refractivity contribution in [3.8, 4) is 0 Å². The van der Waals surface area contributed by atoms with E-state index in [4.69, 9.17) is 5.11 Å². The molecule has 20 heavy (non-hydrogen) atoms. The van der Waals surface area contributed by atoms with E-state index in [1.165, 1.54) is 18.2 Å². The van der Waals surface area contributed by atoms with Crippen molar-refractivity contribution in [2.45, 2.75) is 11.4 Å². The molecule has 1 heterocycles. The third kappa shape index (κ3) is 3.29. The number of hydrogen-bond acceptors (Lipinski definition) is 3. The number of carbonyl (C=O) groups is 1. The summed E-state index contributed by atoms with van der Waals surface area (Å²) in [4.78, 5) is 11.3. The van der Waals surface area contributed by atoms with Gasteiger partial charge in [-0.2, -0.15) is 0 Å². The molecular weight excluding hydrogens is 346 g/mol. The van der Waals surface area contributed by atoms with Gasteiger partial charge in [0.05, 0.1) is 4.90 Å². The summed E-state index contributed by atoms with van der Waals surface area (Å²) in [7, 11) is -3.22. The van der Waals surface area contributed by atoms with Crippen molar-refractivity contribution in [1.82, 2.24) is 4.57 Å². The lowest BCUT2D eigenvalue weighted by Crippen LogP contribution is -2.08. The SMILES string of the molecule is CS(=O)(=O)c1ccc(Cn2cc(Br)cc2C(=O)O)cc1. The zero-order chi connectivity index (χ0) is 14.9. The van der Waals surface area contributed by atoms with Gasteiger partial charge in [0.25, 0.3) is 0 Å². The second kappa shape index (κ2) is 5.41. The van der Waals surface area contributed by atoms with E-state index in [9.17, 15) is 13.2 Å². The predicted octanol–water partition coefficient (Wildman–Crippen LogP) is 2.40. The van der Waals surface area contributed by atoms with E-state index >= 15 is 0 Å². The van der Waals surface area contributed by atoms with Crippen LogP contribution in [0.5, 0.6) is 0 Å². The maximum atomic E-state index is 11.4. The Kier molecular flexibility index (Phi) is 4.01. The van der Waals surface area contributed by atoms with Crippen LogP contribution in [0, 0.1) is 0 Å². The second-order valence-corrected chi connectivity index (χ2v) is 7.32. The Balaban J connectivity index is 2.29. The van der Waals surface area contributed by atoms with Crippen LogP contribution in [0.4, 0.5) is 0 Å². The average molecular weight is 358 g/mol. The highest BCUT2D eigenvalue weighted by Gasteiger charge is 2.12. The van der Waals surface area contributed by atoms with E-state index in [1.807, 2.05) is 0 Å². The van der Waals surface area contributed by atoms with Gasteiger partial charge in [0.15, 0.2) is 9.84 Å². The first kappa shape index (κ1) is 14.8. The molecule has 0 saturated carbocycles. The van der Waals surface area contributed by atoms with Crippen LogP contribution < -0.4 is 0 Å². The molecule has 0 spiro atoms. The summed E-state index contributed by atoms with van der Waals surface area (Å²) < 4.78 is 25.0. The predicted molar refractivity (Wildman–Crippen MR) is 77.7 cm³/mol. The van der Waals surface area contributed by atoms with Crippen molar-refractivity contribution < 1.29 is 18.3 Å². The number of aromatic nitrogens is 1. The molecule has 0 aliphatic heterocycles. The molecule has 1 N–H and O–H groups in total. The van der Waals surface area contributed by atoms with E-state index in [2.05, 4.69) is 15.9 Å². The summed E-state index contributed by atoms with van der Waals surface area (Å²) in [5.74, 6) is -1.01. The molecule has 0 amide bonds. The number of sulfone groups is 1. The molecule has 0 atom stereocenters. The summed E-state index contributed by atoms with van der Waals surface area (Å²) in [5.41, 5.74) is 0.993. The zero-order valence-electron chi connectivity index (χ0n) is 10.6. The number of carboxylic acids is 1. The topological polar surface area (TPSA) is 76.4 Å². The number of carboxylic acid groups (broad SMARTS) is 1. The largest absolute Gasteiger partial charge is 0.477 e. The number of rotatable bonds is 4. The highest BCUT2D eigenvalue weighted by atomic mass is 79.9. The van der Waals surface area contributed by atoms with Crippen LogP contribution in [-0.4, -0.2) is 30.3 Å².